The SMILES string of the molecule is CCCN(CCC)c1ccc(NC(=O)c2ccc(Br)cc2)cn1. The van der Waals surface area contributed by atoms with Crippen LogP contribution < -0.4 is 10.2 Å². The first kappa shape index (κ1) is 17.5. The average Bonchev–Trinajstić information content (AvgIpc) is 2.56. The van der Waals surface area contributed by atoms with E-state index in [9.17, 15) is 4.79 Å². The molecule has 0 bridgehead atoms. The van der Waals surface area contributed by atoms with Crippen LogP contribution in [0.4, 0.5) is 11.5 Å². The molecule has 122 valence electrons. The van der Waals surface area contributed by atoms with Gasteiger partial charge in [-0.2, -0.15) is 0 Å². The summed E-state index contributed by atoms with van der Waals surface area (Å²) < 4.78 is 0.951. The Labute approximate surface area is 146 Å². The lowest BCUT2D eigenvalue weighted by Gasteiger charge is -2.22. The van der Waals surface area contributed by atoms with Crippen molar-refractivity contribution >= 4 is 33.3 Å². The molecule has 0 aliphatic carbocycles. The van der Waals surface area contributed by atoms with Crippen LogP contribution >= 0.6 is 15.9 Å². The monoisotopic (exact) mass is 375 g/mol. The largest absolute Gasteiger partial charge is 0.357 e. The Morgan fingerprint density at radius 3 is 2.26 bits per heavy atom. The minimum Gasteiger partial charge on any atom is -0.357 e. The second kappa shape index (κ2) is 8.67. The zero-order chi connectivity index (χ0) is 16.7. The third-order valence-corrected chi connectivity index (χ3v) is 3.95. The first-order valence-electron chi connectivity index (χ1n) is 7.92. The second-order valence-corrected chi connectivity index (χ2v) is 6.27. The Balaban J connectivity index is 2.04. The molecule has 0 aliphatic heterocycles. The van der Waals surface area contributed by atoms with Crippen molar-refractivity contribution in [3.05, 3.63) is 52.6 Å². The molecule has 1 heterocycles. The fraction of sp³-hybridized carbons (Fsp3) is 0.333. The Hall–Kier alpha value is -1.88. The lowest BCUT2D eigenvalue weighted by molar-refractivity contribution is 0.102. The van der Waals surface area contributed by atoms with Crippen LogP contribution in [0, 0.1) is 0 Å². The van der Waals surface area contributed by atoms with Crippen molar-refractivity contribution in [2.45, 2.75) is 26.7 Å². The van der Waals surface area contributed by atoms with Crippen LogP contribution in [0.2, 0.25) is 0 Å². The van der Waals surface area contributed by atoms with E-state index in [0.717, 1.165) is 36.2 Å². The molecule has 5 heteroatoms. The lowest BCUT2D eigenvalue weighted by Crippen LogP contribution is -2.25. The number of benzene rings is 1. The number of halogens is 1. The van der Waals surface area contributed by atoms with Crippen molar-refractivity contribution in [1.29, 1.82) is 0 Å². The van der Waals surface area contributed by atoms with Crippen LogP contribution in [0.15, 0.2) is 47.1 Å². The van der Waals surface area contributed by atoms with Gasteiger partial charge in [0.05, 0.1) is 11.9 Å². The molecule has 0 atom stereocenters. The van der Waals surface area contributed by atoms with Gasteiger partial charge in [-0.1, -0.05) is 29.8 Å². The van der Waals surface area contributed by atoms with E-state index in [4.69, 9.17) is 0 Å². The minimum atomic E-state index is -0.133. The highest BCUT2D eigenvalue weighted by molar-refractivity contribution is 9.10. The summed E-state index contributed by atoms with van der Waals surface area (Å²) in [6.45, 7) is 6.31. The van der Waals surface area contributed by atoms with Gasteiger partial charge in [0.15, 0.2) is 0 Å². The Bertz CT molecular complexity index is 620. The van der Waals surface area contributed by atoms with Crippen LogP contribution in [0.5, 0.6) is 0 Å². The smallest absolute Gasteiger partial charge is 0.255 e. The van der Waals surface area contributed by atoms with Gasteiger partial charge in [0.25, 0.3) is 5.91 Å². The summed E-state index contributed by atoms with van der Waals surface area (Å²) >= 11 is 3.36. The lowest BCUT2D eigenvalue weighted by atomic mass is 10.2. The van der Waals surface area contributed by atoms with Gasteiger partial charge in [0.2, 0.25) is 0 Å². The molecule has 0 radical (unpaired) electrons. The molecule has 0 saturated heterocycles. The number of rotatable bonds is 7. The Morgan fingerprint density at radius 2 is 1.74 bits per heavy atom. The van der Waals surface area contributed by atoms with Crippen molar-refractivity contribution in [2.24, 2.45) is 0 Å². The molecule has 0 unspecified atom stereocenters. The maximum atomic E-state index is 12.2. The maximum absolute atomic E-state index is 12.2. The van der Waals surface area contributed by atoms with Gasteiger partial charge in [-0.05, 0) is 49.2 Å². The fourth-order valence-corrected chi connectivity index (χ4v) is 2.60. The molecule has 4 nitrogen and oxygen atoms in total. The third-order valence-electron chi connectivity index (χ3n) is 3.42. The van der Waals surface area contributed by atoms with Gasteiger partial charge in [0.1, 0.15) is 5.82 Å². The molecule has 1 aromatic carbocycles. The van der Waals surface area contributed by atoms with Crippen LogP contribution in [-0.4, -0.2) is 24.0 Å². The minimum absolute atomic E-state index is 0.133. The Kier molecular flexibility index (Phi) is 6.59. The molecule has 1 N–H and O–H groups in total. The number of nitrogens with one attached hydrogen (secondary N) is 1. The van der Waals surface area contributed by atoms with Crippen LogP contribution in [-0.2, 0) is 0 Å². The Morgan fingerprint density at radius 1 is 1.09 bits per heavy atom. The van der Waals surface area contributed by atoms with Crippen molar-refractivity contribution in [3.8, 4) is 0 Å². The topological polar surface area (TPSA) is 45.2 Å². The van der Waals surface area contributed by atoms with E-state index in [2.05, 4.69) is 45.0 Å². The number of hydrogen-bond acceptors (Lipinski definition) is 3. The number of hydrogen-bond donors (Lipinski definition) is 1. The molecule has 0 spiro atoms. The van der Waals surface area contributed by atoms with Gasteiger partial charge in [-0.3, -0.25) is 4.79 Å². The standard InChI is InChI=1S/C18H22BrN3O/c1-3-11-22(12-4-2)17-10-9-16(13-20-17)21-18(23)14-5-7-15(19)8-6-14/h5-10,13H,3-4,11-12H2,1-2H3,(H,21,23). The van der Waals surface area contributed by atoms with Crippen LogP contribution in [0.25, 0.3) is 0 Å². The summed E-state index contributed by atoms with van der Waals surface area (Å²) in [5, 5.41) is 2.87. The van der Waals surface area contributed by atoms with E-state index in [0.29, 0.717) is 11.3 Å². The van der Waals surface area contributed by atoms with Crippen molar-refractivity contribution in [3.63, 3.8) is 0 Å². The zero-order valence-corrected chi connectivity index (χ0v) is 15.1. The highest BCUT2D eigenvalue weighted by Gasteiger charge is 2.08. The number of aromatic nitrogens is 1. The summed E-state index contributed by atoms with van der Waals surface area (Å²) in [7, 11) is 0. The normalized spacial score (nSPS) is 10.4. The second-order valence-electron chi connectivity index (χ2n) is 5.35. The molecule has 1 amide bonds. The summed E-state index contributed by atoms with van der Waals surface area (Å²) in [4.78, 5) is 18.9. The van der Waals surface area contributed by atoms with Crippen molar-refractivity contribution < 1.29 is 4.79 Å². The van der Waals surface area contributed by atoms with E-state index in [1.165, 1.54) is 0 Å². The predicted molar refractivity (Wildman–Crippen MR) is 99.1 cm³/mol. The molecule has 0 aliphatic rings. The maximum Gasteiger partial charge on any atom is 0.255 e. The number of amides is 1. The summed E-state index contributed by atoms with van der Waals surface area (Å²) in [6, 6.07) is 11.1. The molecular formula is C18H22BrN3O. The number of pyridine rings is 1. The molecular weight excluding hydrogens is 354 g/mol. The van der Waals surface area contributed by atoms with E-state index < -0.39 is 0 Å². The molecule has 0 fully saturated rings. The van der Waals surface area contributed by atoms with Gasteiger partial charge in [0, 0.05) is 23.1 Å². The van der Waals surface area contributed by atoms with E-state index in [1.807, 2.05) is 24.3 Å². The number of nitrogens with zero attached hydrogens (tertiary/aromatic N) is 2. The first-order valence-corrected chi connectivity index (χ1v) is 8.71. The highest BCUT2D eigenvalue weighted by atomic mass is 79.9. The first-order chi connectivity index (χ1) is 11.1. The summed E-state index contributed by atoms with van der Waals surface area (Å²) in [5.74, 6) is 0.821. The molecule has 2 rings (SSSR count). The van der Waals surface area contributed by atoms with Gasteiger partial charge in [-0.25, -0.2) is 4.98 Å². The highest BCUT2D eigenvalue weighted by Crippen LogP contribution is 2.16. The summed E-state index contributed by atoms with van der Waals surface area (Å²) in [6.07, 6.45) is 3.89. The predicted octanol–water partition coefficient (Wildman–Crippen LogP) is 4.72. The van der Waals surface area contributed by atoms with Crippen molar-refractivity contribution in [2.75, 3.05) is 23.3 Å². The molecule has 0 saturated carbocycles. The van der Waals surface area contributed by atoms with E-state index >= 15 is 0 Å². The van der Waals surface area contributed by atoms with Gasteiger partial charge in [-0.15, -0.1) is 0 Å². The van der Waals surface area contributed by atoms with Gasteiger partial charge < -0.3 is 10.2 Å². The number of carbonyl (C=O) groups is 1. The zero-order valence-electron chi connectivity index (χ0n) is 13.6. The number of carbonyl (C=O) groups excluding carboxylic acids is 1. The van der Waals surface area contributed by atoms with Crippen molar-refractivity contribution in [1.82, 2.24) is 4.98 Å². The quantitative estimate of drug-likeness (QED) is 0.760. The molecule has 23 heavy (non-hydrogen) atoms. The summed E-state index contributed by atoms with van der Waals surface area (Å²) in [5.41, 5.74) is 1.32. The van der Waals surface area contributed by atoms with E-state index in [1.54, 1.807) is 18.3 Å². The number of anilines is 2. The molecule has 1 aromatic heterocycles. The van der Waals surface area contributed by atoms with E-state index in [-0.39, 0.29) is 5.91 Å². The molecule has 2 aromatic rings. The fourth-order valence-electron chi connectivity index (χ4n) is 2.33. The van der Waals surface area contributed by atoms with Crippen LogP contribution in [0.1, 0.15) is 37.0 Å². The van der Waals surface area contributed by atoms with Gasteiger partial charge >= 0.3 is 0 Å². The average molecular weight is 376 g/mol. The van der Waals surface area contributed by atoms with Crippen LogP contribution in [0.3, 0.4) is 0 Å². The third kappa shape index (κ3) is 5.06.